The van der Waals surface area contributed by atoms with Crippen molar-refractivity contribution in [3.8, 4) is 0 Å². The summed E-state index contributed by atoms with van der Waals surface area (Å²) in [6.07, 6.45) is 6.81. The zero-order chi connectivity index (χ0) is 18.9. The maximum atomic E-state index is 12.7. The van der Waals surface area contributed by atoms with E-state index in [1.165, 1.54) is 19.3 Å². The number of piperidine rings is 1. The molecule has 2 fully saturated rings. The molecule has 0 aromatic rings. The summed E-state index contributed by atoms with van der Waals surface area (Å²) in [5, 5.41) is 3.08. The number of hydrogen-bond acceptors (Lipinski definition) is 4. The summed E-state index contributed by atoms with van der Waals surface area (Å²) in [5.41, 5.74) is -1.17. The van der Waals surface area contributed by atoms with Crippen LogP contribution in [0.15, 0.2) is 4.99 Å². The molecule has 146 valence electrons. The fourth-order valence-corrected chi connectivity index (χ4v) is 4.30. The van der Waals surface area contributed by atoms with Crippen LogP contribution in [0, 0.1) is 11.8 Å². The molecule has 0 aromatic heterocycles. The molecule has 0 unspecified atom stereocenters. The maximum Gasteiger partial charge on any atom is 0.410 e. The number of rotatable bonds is 2. The lowest BCUT2D eigenvalue weighted by Crippen LogP contribution is -2.51. The summed E-state index contributed by atoms with van der Waals surface area (Å²) in [4.78, 5) is 31.5. The summed E-state index contributed by atoms with van der Waals surface area (Å²) in [7, 11) is 0. The van der Waals surface area contributed by atoms with E-state index in [1.54, 1.807) is 4.90 Å². The molecule has 1 aliphatic carbocycles. The van der Waals surface area contributed by atoms with Crippen LogP contribution in [0.1, 0.15) is 72.6 Å². The quantitative estimate of drug-likeness (QED) is 0.816. The number of hydrogen-bond donors (Lipinski definition) is 1. The second-order valence-corrected chi connectivity index (χ2v) is 9.08. The normalized spacial score (nSPS) is 28.7. The highest BCUT2D eigenvalue weighted by Gasteiger charge is 2.48. The molecule has 2 heterocycles. The fraction of sp³-hybridized carbons (Fsp3) is 0.850. The van der Waals surface area contributed by atoms with Crippen molar-refractivity contribution < 1.29 is 14.3 Å². The molecule has 1 saturated heterocycles. The minimum Gasteiger partial charge on any atom is -0.444 e. The van der Waals surface area contributed by atoms with Crippen molar-refractivity contribution in [3.05, 3.63) is 0 Å². The van der Waals surface area contributed by atoms with Gasteiger partial charge in [-0.15, -0.1) is 0 Å². The van der Waals surface area contributed by atoms with Crippen LogP contribution in [0.2, 0.25) is 0 Å². The first-order chi connectivity index (χ1) is 12.2. The second-order valence-electron chi connectivity index (χ2n) is 9.08. The Morgan fingerprint density at radius 2 is 1.85 bits per heavy atom. The van der Waals surface area contributed by atoms with E-state index in [0.29, 0.717) is 31.8 Å². The minimum atomic E-state index is -0.671. The molecule has 0 bridgehead atoms. The van der Waals surface area contributed by atoms with E-state index >= 15 is 0 Å². The predicted octanol–water partition coefficient (Wildman–Crippen LogP) is 3.50. The van der Waals surface area contributed by atoms with E-state index in [0.717, 1.165) is 24.6 Å². The molecule has 26 heavy (non-hydrogen) atoms. The van der Waals surface area contributed by atoms with Crippen LogP contribution >= 0.6 is 0 Å². The lowest BCUT2D eigenvalue weighted by Gasteiger charge is -2.36. The van der Waals surface area contributed by atoms with Crippen molar-refractivity contribution in [2.75, 3.05) is 13.1 Å². The Kier molecular flexibility index (Phi) is 5.31. The molecule has 1 spiro atoms. The van der Waals surface area contributed by atoms with Gasteiger partial charge in [0.2, 0.25) is 0 Å². The highest BCUT2D eigenvalue weighted by Crippen LogP contribution is 2.36. The summed E-state index contributed by atoms with van der Waals surface area (Å²) in [6.45, 7) is 8.89. The molecular formula is C20H33N3O3. The van der Waals surface area contributed by atoms with E-state index in [1.807, 2.05) is 20.8 Å². The molecule has 0 radical (unpaired) electrons. The third kappa shape index (κ3) is 4.04. The van der Waals surface area contributed by atoms with Crippen LogP contribution in [0.3, 0.4) is 0 Å². The van der Waals surface area contributed by atoms with Gasteiger partial charge in [0.05, 0.1) is 0 Å². The first-order valence-corrected chi connectivity index (χ1v) is 10.1. The molecule has 3 aliphatic rings. The van der Waals surface area contributed by atoms with E-state index < -0.39 is 11.1 Å². The Morgan fingerprint density at radius 1 is 1.23 bits per heavy atom. The second kappa shape index (κ2) is 7.20. The first-order valence-electron chi connectivity index (χ1n) is 10.1. The SMILES string of the molecule is CCC1CCC(C2=NC3(CCN(C(=O)OC(C)(C)C)CC3)C(=O)N2)CC1. The molecule has 2 amide bonds. The van der Waals surface area contributed by atoms with Crippen LogP contribution in [0.25, 0.3) is 0 Å². The van der Waals surface area contributed by atoms with E-state index in [2.05, 4.69) is 12.2 Å². The number of amides is 2. The molecule has 3 rings (SSSR count). The zero-order valence-electron chi connectivity index (χ0n) is 16.6. The summed E-state index contributed by atoms with van der Waals surface area (Å²) >= 11 is 0. The molecule has 2 aliphatic heterocycles. The number of likely N-dealkylation sites (tertiary alicyclic amines) is 1. The van der Waals surface area contributed by atoms with Crippen LogP contribution in [0.4, 0.5) is 4.79 Å². The Labute approximate surface area is 156 Å². The van der Waals surface area contributed by atoms with Crippen LogP contribution < -0.4 is 5.32 Å². The number of nitrogens with zero attached hydrogens (tertiary/aromatic N) is 2. The van der Waals surface area contributed by atoms with Gasteiger partial charge < -0.3 is 15.0 Å². The van der Waals surface area contributed by atoms with Crippen LogP contribution in [-0.2, 0) is 9.53 Å². The maximum absolute atomic E-state index is 12.7. The van der Waals surface area contributed by atoms with Gasteiger partial charge in [0.25, 0.3) is 5.91 Å². The van der Waals surface area contributed by atoms with Gasteiger partial charge in [-0.2, -0.15) is 0 Å². The van der Waals surface area contributed by atoms with Gasteiger partial charge in [0, 0.05) is 19.0 Å². The third-order valence-corrected chi connectivity index (χ3v) is 6.05. The van der Waals surface area contributed by atoms with Crippen LogP contribution in [-0.4, -0.2) is 47.0 Å². The summed E-state index contributed by atoms with van der Waals surface area (Å²) in [6, 6.07) is 0. The number of carbonyl (C=O) groups excluding carboxylic acids is 2. The van der Waals surface area contributed by atoms with Gasteiger partial charge in [0.1, 0.15) is 17.0 Å². The van der Waals surface area contributed by atoms with Gasteiger partial charge in [-0.25, -0.2) is 4.79 Å². The van der Waals surface area contributed by atoms with E-state index in [-0.39, 0.29) is 12.0 Å². The number of amidine groups is 1. The molecule has 6 nitrogen and oxygen atoms in total. The van der Waals surface area contributed by atoms with Crippen molar-refractivity contribution >= 4 is 17.8 Å². The van der Waals surface area contributed by atoms with E-state index in [9.17, 15) is 9.59 Å². The largest absolute Gasteiger partial charge is 0.444 e. The van der Waals surface area contributed by atoms with Crippen molar-refractivity contribution in [1.82, 2.24) is 10.2 Å². The first kappa shape index (κ1) is 19.2. The fourth-order valence-electron chi connectivity index (χ4n) is 4.30. The monoisotopic (exact) mass is 363 g/mol. The number of ether oxygens (including phenoxy) is 1. The van der Waals surface area contributed by atoms with Gasteiger partial charge in [-0.05, 0) is 65.2 Å². The van der Waals surface area contributed by atoms with E-state index in [4.69, 9.17) is 9.73 Å². The van der Waals surface area contributed by atoms with Gasteiger partial charge >= 0.3 is 6.09 Å². The average Bonchev–Trinajstić information content (AvgIpc) is 2.90. The Bertz CT molecular complexity index is 578. The van der Waals surface area contributed by atoms with Crippen LogP contribution in [0.5, 0.6) is 0 Å². The summed E-state index contributed by atoms with van der Waals surface area (Å²) < 4.78 is 5.44. The number of nitrogens with one attached hydrogen (secondary N) is 1. The molecule has 1 saturated carbocycles. The average molecular weight is 364 g/mol. The molecule has 1 N–H and O–H groups in total. The Balaban J connectivity index is 1.60. The zero-order valence-corrected chi connectivity index (χ0v) is 16.6. The third-order valence-electron chi connectivity index (χ3n) is 6.05. The Morgan fingerprint density at radius 3 is 2.38 bits per heavy atom. The van der Waals surface area contributed by atoms with Crippen molar-refractivity contribution in [3.63, 3.8) is 0 Å². The van der Waals surface area contributed by atoms with Crippen molar-refractivity contribution in [2.24, 2.45) is 16.8 Å². The Hall–Kier alpha value is -1.59. The lowest BCUT2D eigenvalue weighted by atomic mass is 9.80. The smallest absolute Gasteiger partial charge is 0.410 e. The van der Waals surface area contributed by atoms with Gasteiger partial charge in [-0.3, -0.25) is 9.79 Å². The predicted molar refractivity (Wildman–Crippen MR) is 101 cm³/mol. The molecule has 0 aromatic carbocycles. The summed E-state index contributed by atoms with van der Waals surface area (Å²) in [5.74, 6) is 2.14. The standard InChI is InChI=1S/C20H33N3O3/c1-5-14-6-8-15(9-7-14)16-21-17(24)20(22-16)10-12-23(13-11-20)18(25)26-19(2,3)4/h14-15H,5-13H2,1-4H3,(H,21,22,24). The number of aliphatic imine (C=N–C) groups is 1. The number of carbonyl (C=O) groups is 2. The highest BCUT2D eigenvalue weighted by molar-refractivity contribution is 6.09. The molecular weight excluding hydrogens is 330 g/mol. The van der Waals surface area contributed by atoms with Gasteiger partial charge in [-0.1, -0.05) is 13.3 Å². The lowest BCUT2D eigenvalue weighted by molar-refractivity contribution is -0.125. The molecule has 6 heteroatoms. The van der Waals surface area contributed by atoms with Gasteiger partial charge in [0.15, 0.2) is 0 Å². The topological polar surface area (TPSA) is 71.0 Å². The van der Waals surface area contributed by atoms with Crippen molar-refractivity contribution in [1.29, 1.82) is 0 Å². The van der Waals surface area contributed by atoms with Crippen molar-refractivity contribution in [2.45, 2.75) is 83.8 Å². The molecule has 0 atom stereocenters. The minimum absolute atomic E-state index is 0.0222. The highest BCUT2D eigenvalue weighted by atomic mass is 16.6.